The van der Waals surface area contributed by atoms with Gasteiger partial charge in [0.2, 0.25) is 0 Å². The number of hydrogen-bond donors (Lipinski definition) is 0. The fourth-order valence-electron chi connectivity index (χ4n) is 9.29. The molecule has 0 bridgehead atoms. The molecule has 5 fully saturated rings. The SMILES string of the molecule is CC(C)[C@@H]1CC[C@@H]2C[C@@H]3[C@@H](C[C@H]21)C(=O)[C@@]12CC[C@@H](C)[C@@H]1CC[C@@]32C. The summed E-state index contributed by atoms with van der Waals surface area (Å²) < 4.78 is 0. The maximum Gasteiger partial charge on any atom is 0.143 e. The van der Waals surface area contributed by atoms with Gasteiger partial charge in [0.05, 0.1) is 0 Å². The average molecular weight is 329 g/mol. The van der Waals surface area contributed by atoms with E-state index in [0.29, 0.717) is 11.3 Å². The summed E-state index contributed by atoms with van der Waals surface area (Å²) in [5.74, 6) is 6.95. The largest absolute Gasteiger partial charge is 0.299 e. The Hall–Kier alpha value is -0.330. The lowest BCUT2D eigenvalue weighted by atomic mass is 9.59. The molecule has 9 atom stereocenters. The highest BCUT2D eigenvalue weighted by atomic mass is 16.1. The minimum absolute atomic E-state index is 0.105. The predicted octanol–water partition coefficient (Wildman–Crippen LogP) is 5.73. The highest BCUT2D eigenvalue weighted by molar-refractivity contribution is 5.92. The summed E-state index contributed by atoms with van der Waals surface area (Å²) in [6.45, 7) is 9.82. The van der Waals surface area contributed by atoms with E-state index in [1.165, 1.54) is 51.4 Å². The molecule has 0 aliphatic heterocycles. The molecule has 0 saturated heterocycles. The molecule has 5 saturated carbocycles. The zero-order valence-electron chi connectivity index (χ0n) is 16.2. The number of carbonyl (C=O) groups is 1. The quantitative estimate of drug-likeness (QED) is 0.601. The van der Waals surface area contributed by atoms with Crippen molar-refractivity contribution >= 4 is 5.78 Å². The summed E-state index contributed by atoms with van der Waals surface area (Å²) in [4.78, 5) is 13.8. The second-order valence-corrected chi connectivity index (χ2v) is 11.0. The first-order valence-electron chi connectivity index (χ1n) is 10.9. The summed E-state index contributed by atoms with van der Waals surface area (Å²) in [7, 11) is 0. The molecule has 5 aliphatic carbocycles. The summed E-state index contributed by atoms with van der Waals surface area (Å²) in [5.41, 5.74) is 0.457. The molecular weight excluding hydrogens is 292 g/mol. The molecule has 0 amide bonds. The molecule has 24 heavy (non-hydrogen) atoms. The maximum atomic E-state index is 13.8. The van der Waals surface area contributed by atoms with Gasteiger partial charge in [0, 0.05) is 11.3 Å². The van der Waals surface area contributed by atoms with Crippen molar-refractivity contribution in [3.05, 3.63) is 0 Å². The van der Waals surface area contributed by atoms with Crippen molar-refractivity contribution in [2.45, 2.75) is 79.1 Å². The lowest BCUT2D eigenvalue weighted by molar-refractivity contribution is -0.133. The monoisotopic (exact) mass is 328 g/mol. The fraction of sp³-hybridized carbons (Fsp3) is 0.957. The number of hydrogen-bond acceptors (Lipinski definition) is 1. The number of fused-ring (bicyclic) bond motifs is 3. The molecular formula is C23H36O. The molecule has 0 aromatic heterocycles. The molecule has 0 aromatic rings. The highest BCUT2D eigenvalue weighted by Crippen LogP contribution is 2.76. The van der Waals surface area contributed by atoms with Gasteiger partial charge >= 0.3 is 0 Å². The minimum atomic E-state index is 0.105. The Morgan fingerprint density at radius 3 is 2.54 bits per heavy atom. The molecule has 0 N–H and O–H groups in total. The Morgan fingerprint density at radius 2 is 1.79 bits per heavy atom. The number of Topliss-reactive ketones (excluding diaryl/α,β-unsaturated/α-hetero) is 1. The van der Waals surface area contributed by atoms with Gasteiger partial charge in [-0.05, 0) is 98.2 Å². The number of ketones is 1. The van der Waals surface area contributed by atoms with E-state index in [9.17, 15) is 4.79 Å². The van der Waals surface area contributed by atoms with Crippen molar-refractivity contribution < 1.29 is 4.79 Å². The molecule has 0 radical (unpaired) electrons. The van der Waals surface area contributed by atoms with Crippen molar-refractivity contribution in [2.75, 3.05) is 0 Å². The highest BCUT2D eigenvalue weighted by Gasteiger charge is 2.74. The molecule has 5 rings (SSSR count). The molecule has 1 spiro atoms. The van der Waals surface area contributed by atoms with Gasteiger partial charge in [0.1, 0.15) is 5.78 Å². The fourth-order valence-corrected chi connectivity index (χ4v) is 9.29. The molecule has 1 nitrogen and oxygen atoms in total. The minimum Gasteiger partial charge on any atom is -0.299 e. The topological polar surface area (TPSA) is 17.1 Å². The summed E-state index contributed by atoms with van der Waals surface area (Å²) in [6.07, 6.45) is 10.8. The smallest absolute Gasteiger partial charge is 0.143 e. The van der Waals surface area contributed by atoms with Crippen LogP contribution in [0.4, 0.5) is 0 Å². The lowest BCUT2D eigenvalue weighted by Gasteiger charge is -2.44. The standard InChI is InChI=1S/C23H36O/c1-13(2)16-6-5-15-11-20-18(12-17(15)16)21(24)23-10-7-14(3)19(23)8-9-22(20,23)4/h13-20H,5-12H2,1-4H3/t14-,15-,16+,17-,18-,19+,20-,22+,23-/m1/s1. The van der Waals surface area contributed by atoms with Crippen LogP contribution in [0, 0.1) is 58.2 Å². The van der Waals surface area contributed by atoms with Crippen LogP contribution >= 0.6 is 0 Å². The van der Waals surface area contributed by atoms with E-state index in [1.54, 1.807) is 0 Å². The van der Waals surface area contributed by atoms with Crippen LogP contribution in [0.5, 0.6) is 0 Å². The first-order valence-corrected chi connectivity index (χ1v) is 10.9. The zero-order chi connectivity index (χ0) is 16.9. The van der Waals surface area contributed by atoms with Crippen molar-refractivity contribution in [3.63, 3.8) is 0 Å². The summed E-state index contributed by atoms with van der Waals surface area (Å²) in [5, 5.41) is 0. The first kappa shape index (κ1) is 15.9. The molecule has 0 aromatic carbocycles. The lowest BCUT2D eigenvalue weighted by Crippen LogP contribution is -2.40. The number of rotatable bonds is 1. The van der Waals surface area contributed by atoms with E-state index in [1.807, 2.05) is 0 Å². The Balaban J connectivity index is 1.52. The van der Waals surface area contributed by atoms with Gasteiger partial charge in [0.15, 0.2) is 0 Å². The molecule has 0 heterocycles. The molecule has 5 aliphatic rings. The van der Waals surface area contributed by atoms with Gasteiger partial charge in [-0.1, -0.05) is 27.7 Å². The van der Waals surface area contributed by atoms with Gasteiger partial charge in [-0.3, -0.25) is 4.79 Å². The van der Waals surface area contributed by atoms with E-state index in [-0.39, 0.29) is 5.41 Å². The first-order chi connectivity index (χ1) is 11.4. The van der Waals surface area contributed by atoms with Crippen LogP contribution in [0.25, 0.3) is 0 Å². The van der Waals surface area contributed by atoms with E-state index in [0.717, 1.165) is 47.2 Å². The van der Waals surface area contributed by atoms with Crippen molar-refractivity contribution in [1.29, 1.82) is 0 Å². The molecule has 0 unspecified atom stereocenters. The van der Waals surface area contributed by atoms with E-state index in [2.05, 4.69) is 27.7 Å². The second kappa shape index (κ2) is 4.89. The Kier molecular flexibility index (Phi) is 3.24. The van der Waals surface area contributed by atoms with E-state index < -0.39 is 0 Å². The zero-order valence-corrected chi connectivity index (χ0v) is 16.2. The number of carbonyl (C=O) groups excluding carboxylic acids is 1. The molecule has 134 valence electrons. The Labute approximate surface area is 148 Å². The van der Waals surface area contributed by atoms with Crippen LogP contribution in [0.15, 0.2) is 0 Å². The summed E-state index contributed by atoms with van der Waals surface area (Å²) in [6, 6.07) is 0. The van der Waals surface area contributed by atoms with Gasteiger partial charge in [-0.25, -0.2) is 0 Å². The summed E-state index contributed by atoms with van der Waals surface area (Å²) >= 11 is 0. The Morgan fingerprint density at radius 1 is 1.00 bits per heavy atom. The van der Waals surface area contributed by atoms with Gasteiger partial charge in [-0.2, -0.15) is 0 Å². The van der Waals surface area contributed by atoms with Crippen LogP contribution < -0.4 is 0 Å². The van der Waals surface area contributed by atoms with Gasteiger partial charge < -0.3 is 0 Å². The molecule has 1 heteroatoms. The third-order valence-corrected chi connectivity index (χ3v) is 10.4. The van der Waals surface area contributed by atoms with Crippen LogP contribution in [-0.4, -0.2) is 5.78 Å². The van der Waals surface area contributed by atoms with Crippen molar-refractivity contribution in [2.24, 2.45) is 58.2 Å². The third kappa shape index (κ3) is 1.62. The van der Waals surface area contributed by atoms with E-state index in [4.69, 9.17) is 0 Å². The second-order valence-electron chi connectivity index (χ2n) is 11.0. The third-order valence-electron chi connectivity index (χ3n) is 10.4. The van der Waals surface area contributed by atoms with Crippen LogP contribution in [-0.2, 0) is 4.79 Å². The van der Waals surface area contributed by atoms with Crippen molar-refractivity contribution in [3.8, 4) is 0 Å². The van der Waals surface area contributed by atoms with E-state index >= 15 is 0 Å². The van der Waals surface area contributed by atoms with Crippen LogP contribution in [0.3, 0.4) is 0 Å². The van der Waals surface area contributed by atoms with Crippen LogP contribution in [0.2, 0.25) is 0 Å². The van der Waals surface area contributed by atoms with Gasteiger partial charge in [0.25, 0.3) is 0 Å². The predicted molar refractivity (Wildman–Crippen MR) is 97.4 cm³/mol. The normalized spacial score (nSPS) is 58.7. The van der Waals surface area contributed by atoms with Gasteiger partial charge in [-0.15, -0.1) is 0 Å². The van der Waals surface area contributed by atoms with Crippen LogP contribution in [0.1, 0.15) is 79.1 Å². The van der Waals surface area contributed by atoms with Crippen molar-refractivity contribution in [1.82, 2.24) is 0 Å². The average Bonchev–Trinajstić information content (AvgIpc) is 3.22. The maximum absolute atomic E-state index is 13.8. The Bertz CT molecular complexity index is 564.